The molecule has 16 heavy (non-hydrogen) atoms. The van der Waals surface area contributed by atoms with Crippen molar-refractivity contribution in [3.63, 3.8) is 0 Å². The van der Waals surface area contributed by atoms with E-state index in [2.05, 4.69) is 6.08 Å². The second-order valence-corrected chi connectivity index (χ2v) is 5.31. The van der Waals surface area contributed by atoms with Gasteiger partial charge in [0.15, 0.2) is 0 Å². The molecule has 0 fully saturated rings. The van der Waals surface area contributed by atoms with Crippen LogP contribution < -0.4 is 5.73 Å². The zero-order valence-corrected chi connectivity index (χ0v) is 10.5. The molecule has 3 heteroatoms. The number of hydrogen-bond donors (Lipinski definition) is 2. The SMILES string of the molecule is CC(C)(C)OC1(N)C=CC(CCCO)=CC1. The minimum Gasteiger partial charge on any atom is -0.396 e. The maximum absolute atomic E-state index is 8.75. The average molecular weight is 225 g/mol. The Morgan fingerprint density at radius 1 is 1.50 bits per heavy atom. The molecule has 3 N–H and O–H groups in total. The molecule has 0 bridgehead atoms. The van der Waals surface area contributed by atoms with E-state index in [0.717, 1.165) is 12.8 Å². The molecule has 0 aliphatic heterocycles. The van der Waals surface area contributed by atoms with Crippen molar-refractivity contribution < 1.29 is 9.84 Å². The predicted molar refractivity (Wildman–Crippen MR) is 65.9 cm³/mol. The molecule has 1 aliphatic carbocycles. The predicted octanol–water partition coefficient (Wildman–Crippen LogP) is 2.12. The van der Waals surface area contributed by atoms with E-state index in [1.54, 1.807) is 0 Å². The van der Waals surface area contributed by atoms with E-state index in [-0.39, 0.29) is 12.2 Å². The molecule has 92 valence electrons. The van der Waals surface area contributed by atoms with E-state index in [1.165, 1.54) is 5.57 Å². The first-order chi connectivity index (χ1) is 7.35. The monoisotopic (exact) mass is 225 g/mol. The first kappa shape index (κ1) is 13.4. The second-order valence-electron chi connectivity index (χ2n) is 5.31. The maximum atomic E-state index is 8.75. The molecule has 0 amide bonds. The van der Waals surface area contributed by atoms with Crippen molar-refractivity contribution in [1.82, 2.24) is 0 Å². The lowest BCUT2D eigenvalue weighted by molar-refractivity contribution is -0.101. The molecule has 1 atom stereocenters. The highest BCUT2D eigenvalue weighted by Crippen LogP contribution is 2.26. The van der Waals surface area contributed by atoms with E-state index in [4.69, 9.17) is 15.6 Å². The topological polar surface area (TPSA) is 55.5 Å². The Hall–Kier alpha value is -0.640. The minimum atomic E-state index is -0.680. The molecule has 3 nitrogen and oxygen atoms in total. The number of allylic oxidation sites excluding steroid dienone is 2. The molecule has 0 heterocycles. The molecule has 0 radical (unpaired) electrons. The summed E-state index contributed by atoms with van der Waals surface area (Å²) in [5, 5.41) is 8.75. The summed E-state index contributed by atoms with van der Waals surface area (Å²) in [6, 6.07) is 0. The summed E-state index contributed by atoms with van der Waals surface area (Å²) in [6.45, 7) is 6.23. The van der Waals surface area contributed by atoms with Crippen LogP contribution in [0.4, 0.5) is 0 Å². The molecule has 0 saturated carbocycles. The van der Waals surface area contributed by atoms with Crippen molar-refractivity contribution in [2.24, 2.45) is 5.73 Å². The third-order valence-electron chi connectivity index (χ3n) is 2.38. The lowest BCUT2D eigenvalue weighted by Crippen LogP contribution is -2.46. The van der Waals surface area contributed by atoms with Crippen LogP contribution >= 0.6 is 0 Å². The van der Waals surface area contributed by atoms with Gasteiger partial charge < -0.3 is 9.84 Å². The molecular weight excluding hydrogens is 202 g/mol. The molecule has 0 spiro atoms. The van der Waals surface area contributed by atoms with E-state index >= 15 is 0 Å². The summed E-state index contributed by atoms with van der Waals surface area (Å²) in [5.41, 5.74) is 6.44. The zero-order chi connectivity index (χ0) is 12.2. The van der Waals surface area contributed by atoms with Crippen molar-refractivity contribution in [2.45, 2.75) is 51.4 Å². The van der Waals surface area contributed by atoms with Crippen LogP contribution in [0, 0.1) is 0 Å². The highest BCUT2D eigenvalue weighted by Gasteiger charge is 2.29. The summed E-state index contributed by atoms with van der Waals surface area (Å²) in [4.78, 5) is 0. The first-order valence-corrected chi connectivity index (χ1v) is 5.83. The number of hydrogen-bond acceptors (Lipinski definition) is 3. The van der Waals surface area contributed by atoms with Crippen LogP contribution in [0.25, 0.3) is 0 Å². The largest absolute Gasteiger partial charge is 0.396 e. The van der Waals surface area contributed by atoms with Gasteiger partial charge in [-0.15, -0.1) is 0 Å². The number of aliphatic hydroxyl groups is 1. The van der Waals surface area contributed by atoms with Gasteiger partial charge in [-0.05, 0) is 39.7 Å². The number of rotatable bonds is 4. The summed E-state index contributed by atoms with van der Waals surface area (Å²) in [6.07, 6.45) is 8.42. The zero-order valence-electron chi connectivity index (χ0n) is 10.5. The summed E-state index contributed by atoms with van der Waals surface area (Å²) in [7, 11) is 0. The lowest BCUT2D eigenvalue weighted by Gasteiger charge is -2.35. The Balaban J connectivity index is 2.53. The maximum Gasteiger partial charge on any atom is 0.140 e. The molecule has 0 aromatic rings. The van der Waals surface area contributed by atoms with Gasteiger partial charge in [0.1, 0.15) is 5.72 Å². The highest BCUT2D eigenvalue weighted by molar-refractivity contribution is 5.27. The average Bonchev–Trinajstić information content (AvgIpc) is 2.14. The van der Waals surface area contributed by atoms with Crippen LogP contribution in [-0.4, -0.2) is 23.0 Å². The minimum absolute atomic E-state index is 0.234. The fraction of sp³-hybridized carbons (Fsp3) is 0.692. The van der Waals surface area contributed by atoms with Crippen LogP contribution in [0.15, 0.2) is 23.8 Å². The van der Waals surface area contributed by atoms with Crippen LogP contribution in [-0.2, 0) is 4.74 Å². The van der Waals surface area contributed by atoms with Gasteiger partial charge >= 0.3 is 0 Å². The second kappa shape index (κ2) is 5.13. The summed E-state index contributed by atoms with van der Waals surface area (Å²) in [5.74, 6) is 0. The molecule has 1 rings (SSSR count). The van der Waals surface area contributed by atoms with Crippen molar-refractivity contribution in [1.29, 1.82) is 0 Å². The van der Waals surface area contributed by atoms with Gasteiger partial charge in [-0.25, -0.2) is 0 Å². The first-order valence-electron chi connectivity index (χ1n) is 5.83. The molecule has 1 aliphatic rings. The molecule has 0 aromatic carbocycles. The Labute approximate surface area is 98.0 Å². The normalized spacial score (nSPS) is 25.7. The molecule has 1 unspecified atom stereocenters. The smallest absolute Gasteiger partial charge is 0.140 e. The Bertz CT molecular complexity index is 289. The molecule has 0 saturated heterocycles. The Morgan fingerprint density at radius 3 is 2.62 bits per heavy atom. The van der Waals surface area contributed by atoms with Gasteiger partial charge in [-0.3, -0.25) is 5.73 Å². The quantitative estimate of drug-likeness (QED) is 0.720. The number of ether oxygens (including phenoxy) is 1. The summed E-state index contributed by atoms with van der Waals surface area (Å²) < 4.78 is 5.82. The van der Waals surface area contributed by atoms with E-state index < -0.39 is 5.72 Å². The fourth-order valence-electron chi connectivity index (χ4n) is 1.79. The Morgan fingerprint density at radius 2 is 2.19 bits per heavy atom. The lowest BCUT2D eigenvalue weighted by atomic mass is 9.96. The van der Waals surface area contributed by atoms with Crippen molar-refractivity contribution >= 4 is 0 Å². The fourth-order valence-corrected chi connectivity index (χ4v) is 1.79. The number of nitrogens with two attached hydrogens (primary N) is 1. The van der Waals surface area contributed by atoms with E-state index in [1.807, 2.05) is 32.9 Å². The van der Waals surface area contributed by atoms with Gasteiger partial charge in [0.2, 0.25) is 0 Å². The van der Waals surface area contributed by atoms with Gasteiger partial charge in [-0.1, -0.05) is 17.7 Å². The van der Waals surface area contributed by atoms with Crippen molar-refractivity contribution in [2.75, 3.05) is 6.61 Å². The Kier molecular flexibility index (Phi) is 4.30. The van der Waals surface area contributed by atoms with Crippen LogP contribution in [0.3, 0.4) is 0 Å². The van der Waals surface area contributed by atoms with E-state index in [0.29, 0.717) is 6.42 Å². The van der Waals surface area contributed by atoms with Gasteiger partial charge in [-0.2, -0.15) is 0 Å². The van der Waals surface area contributed by atoms with Gasteiger partial charge in [0.25, 0.3) is 0 Å². The van der Waals surface area contributed by atoms with Gasteiger partial charge in [0, 0.05) is 13.0 Å². The van der Waals surface area contributed by atoms with Crippen molar-refractivity contribution in [3.8, 4) is 0 Å². The van der Waals surface area contributed by atoms with E-state index in [9.17, 15) is 0 Å². The van der Waals surface area contributed by atoms with Crippen LogP contribution in [0.2, 0.25) is 0 Å². The molecular formula is C13H23NO2. The van der Waals surface area contributed by atoms with Crippen molar-refractivity contribution in [3.05, 3.63) is 23.8 Å². The molecule has 0 aromatic heterocycles. The number of aliphatic hydroxyl groups excluding tert-OH is 1. The van der Waals surface area contributed by atoms with Crippen LogP contribution in [0.1, 0.15) is 40.0 Å². The summed E-state index contributed by atoms with van der Waals surface area (Å²) >= 11 is 0. The third-order valence-corrected chi connectivity index (χ3v) is 2.38. The third kappa shape index (κ3) is 4.47. The standard InChI is InChI=1S/C13H23NO2/c1-12(2,3)16-13(14)8-6-11(7-9-13)5-4-10-15/h6-8,15H,4-5,9-10,14H2,1-3H3. The highest BCUT2D eigenvalue weighted by atomic mass is 16.5. The van der Waals surface area contributed by atoms with Gasteiger partial charge in [0.05, 0.1) is 5.60 Å². The van der Waals surface area contributed by atoms with Crippen LogP contribution in [0.5, 0.6) is 0 Å².